The third kappa shape index (κ3) is 1.35. The molecule has 0 aliphatic heterocycles. The molecule has 2 saturated carbocycles. The van der Waals surface area contributed by atoms with E-state index in [1.54, 1.807) is 5.57 Å². The molecule has 0 spiro atoms. The quantitative estimate of drug-likeness (QED) is 0.563. The van der Waals surface area contributed by atoms with Crippen molar-refractivity contribution in [2.75, 3.05) is 0 Å². The van der Waals surface area contributed by atoms with Crippen LogP contribution in [0.2, 0.25) is 0 Å². The first-order valence-electron chi connectivity index (χ1n) is 5.62. The highest BCUT2D eigenvalue weighted by Crippen LogP contribution is 2.58. The van der Waals surface area contributed by atoms with Gasteiger partial charge in [-0.25, -0.2) is 0 Å². The Bertz CT molecular complexity index is 236. The van der Waals surface area contributed by atoms with Crippen LogP contribution >= 0.6 is 0 Å². The Morgan fingerprint density at radius 3 is 2.08 bits per heavy atom. The van der Waals surface area contributed by atoms with Crippen molar-refractivity contribution in [1.82, 2.24) is 0 Å². The summed E-state index contributed by atoms with van der Waals surface area (Å²) in [4.78, 5) is 0. The highest BCUT2D eigenvalue weighted by Gasteiger charge is 2.49. The molecule has 0 aromatic heterocycles. The van der Waals surface area contributed by atoms with Gasteiger partial charge in [-0.15, -0.1) is 0 Å². The van der Waals surface area contributed by atoms with Crippen LogP contribution in [0, 0.1) is 29.1 Å². The lowest BCUT2D eigenvalue weighted by molar-refractivity contribution is 0.0231. The molecule has 0 heterocycles. The molecule has 13 heavy (non-hydrogen) atoms. The van der Waals surface area contributed by atoms with Gasteiger partial charge >= 0.3 is 0 Å². The van der Waals surface area contributed by atoms with Crippen molar-refractivity contribution in [2.45, 2.75) is 40.5 Å². The Hall–Kier alpha value is -0.260. The molecule has 4 atom stereocenters. The van der Waals surface area contributed by atoms with Gasteiger partial charge in [0.15, 0.2) is 0 Å². The van der Waals surface area contributed by atoms with E-state index in [4.69, 9.17) is 0 Å². The molecule has 4 unspecified atom stereocenters. The van der Waals surface area contributed by atoms with Gasteiger partial charge in [0.05, 0.1) is 0 Å². The van der Waals surface area contributed by atoms with Crippen LogP contribution in [-0.2, 0) is 0 Å². The van der Waals surface area contributed by atoms with Gasteiger partial charge in [0.2, 0.25) is 0 Å². The first-order chi connectivity index (χ1) is 5.93. The maximum absolute atomic E-state index is 4.31. The number of hydrogen-bond donors (Lipinski definition) is 0. The summed E-state index contributed by atoms with van der Waals surface area (Å²) in [6.07, 6.45) is 2.78. The van der Waals surface area contributed by atoms with Crippen LogP contribution in [0.25, 0.3) is 0 Å². The fourth-order valence-electron chi connectivity index (χ4n) is 2.88. The zero-order valence-corrected chi connectivity index (χ0v) is 9.43. The molecule has 0 amide bonds. The second-order valence-electron chi connectivity index (χ2n) is 5.98. The summed E-state index contributed by atoms with van der Waals surface area (Å²) < 4.78 is 0. The maximum atomic E-state index is 4.31. The average Bonchev–Trinajstić information content (AvgIpc) is 2.77. The van der Waals surface area contributed by atoms with Crippen LogP contribution in [0.3, 0.4) is 0 Å². The SMILES string of the molecule is C=C(C1CC1C)C1CC(C)(C)C1C. The molecule has 0 aromatic carbocycles. The smallest absolute Gasteiger partial charge is 0.0167 e. The molecule has 0 saturated heterocycles. The van der Waals surface area contributed by atoms with E-state index in [2.05, 4.69) is 34.3 Å². The van der Waals surface area contributed by atoms with Crippen LogP contribution < -0.4 is 0 Å². The largest absolute Gasteiger partial charge is 0.0993 e. The Morgan fingerprint density at radius 1 is 1.23 bits per heavy atom. The van der Waals surface area contributed by atoms with Crippen molar-refractivity contribution >= 4 is 0 Å². The first kappa shape index (κ1) is 9.30. The molecule has 0 radical (unpaired) electrons. The van der Waals surface area contributed by atoms with Crippen LogP contribution in [-0.4, -0.2) is 0 Å². The summed E-state index contributed by atoms with van der Waals surface area (Å²) in [5.41, 5.74) is 2.14. The van der Waals surface area contributed by atoms with Gasteiger partial charge in [0.25, 0.3) is 0 Å². The van der Waals surface area contributed by atoms with E-state index in [9.17, 15) is 0 Å². The maximum Gasteiger partial charge on any atom is -0.0167 e. The second kappa shape index (κ2) is 2.62. The molecule has 0 nitrogen and oxygen atoms in total. The fraction of sp³-hybridized carbons (Fsp3) is 0.846. The Kier molecular flexibility index (Phi) is 1.87. The summed E-state index contributed by atoms with van der Waals surface area (Å²) in [5, 5.41) is 0. The van der Waals surface area contributed by atoms with E-state index in [1.165, 1.54) is 12.8 Å². The van der Waals surface area contributed by atoms with Crippen molar-refractivity contribution < 1.29 is 0 Å². The molecule has 74 valence electrons. The van der Waals surface area contributed by atoms with Crippen LogP contribution in [0.5, 0.6) is 0 Å². The lowest BCUT2D eigenvalue weighted by Gasteiger charge is -2.51. The van der Waals surface area contributed by atoms with E-state index in [0.29, 0.717) is 5.41 Å². The van der Waals surface area contributed by atoms with E-state index in [0.717, 1.165) is 23.7 Å². The van der Waals surface area contributed by atoms with Crippen LogP contribution in [0.1, 0.15) is 40.5 Å². The minimum absolute atomic E-state index is 0.575. The van der Waals surface area contributed by atoms with Crippen molar-refractivity contribution in [1.29, 1.82) is 0 Å². The molecule has 2 aliphatic rings. The number of rotatable bonds is 2. The van der Waals surface area contributed by atoms with Gasteiger partial charge in [0, 0.05) is 0 Å². The van der Waals surface area contributed by atoms with Crippen molar-refractivity contribution in [3.63, 3.8) is 0 Å². The summed E-state index contributed by atoms with van der Waals surface area (Å²) in [6, 6.07) is 0. The lowest BCUT2D eigenvalue weighted by Crippen LogP contribution is -2.43. The van der Waals surface area contributed by atoms with Crippen molar-refractivity contribution in [2.24, 2.45) is 29.1 Å². The zero-order chi connectivity index (χ0) is 9.80. The first-order valence-corrected chi connectivity index (χ1v) is 5.62. The van der Waals surface area contributed by atoms with E-state index in [1.807, 2.05) is 0 Å². The predicted octanol–water partition coefficient (Wildman–Crippen LogP) is 3.88. The summed E-state index contributed by atoms with van der Waals surface area (Å²) in [5.74, 6) is 3.50. The standard InChI is InChI=1S/C13H22/c1-8-6-11(8)9(2)12-7-13(4,5)10(12)3/h8,10-12H,2,6-7H2,1,3-5H3. The molecule has 0 heteroatoms. The average molecular weight is 178 g/mol. The molecule has 2 fully saturated rings. The Labute approximate surface area is 82.4 Å². The second-order valence-corrected chi connectivity index (χ2v) is 5.98. The monoisotopic (exact) mass is 178 g/mol. The molecular weight excluding hydrogens is 156 g/mol. The fourth-order valence-corrected chi connectivity index (χ4v) is 2.88. The van der Waals surface area contributed by atoms with E-state index in [-0.39, 0.29) is 0 Å². The molecule has 0 N–H and O–H groups in total. The predicted molar refractivity (Wildman–Crippen MR) is 57.5 cm³/mol. The Morgan fingerprint density at radius 2 is 1.77 bits per heavy atom. The van der Waals surface area contributed by atoms with Gasteiger partial charge < -0.3 is 0 Å². The van der Waals surface area contributed by atoms with Gasteiger partial charge in [-0.1, -0.05) is 39.8 Å². The minimum Gasteiger partial charge on any atom is -0.0993 e. The van der Waals surface area contributed by atoms with Crippen LogP contribution in [0.15, 0.2) is 12.2 Å². The number of hydrogen-bond acceptors (Lipinski definition) is 0. The molecule has 2 rings (SSSR count). The third-order valence-corrected chi connectivity index (χ3v) is 4.64. The highest BCUT2D eigenvalue weighted by molar-refractivity contribution is 5.20. The molecular formula is C13H22. The normalized spacial score (nSPS) is 46.8. The highest BCUT2D eigenvalue weighted by atomic mass is 14.5. The topological polar surface area (TPSA) is 0 Å². The Balaban J connectivity index is 1.94. The van der Waals surface area contributed by atoms with Gasteiger partial charge in [-0.3, -0.25) is 0 Å². The third-order valence-electron chi connectivity index (χ3n) is 4.64. The van der Waals surface area contributed by atoms with Crippen molar-refractivity contribution in [3.05, 3.63) is 12.2 Å². The minimum atomic E-state index is 0.575. The molecule has 2 aliphatic carbocycles. The van der Waals surface area contributed by atoms with Crippen LogP contribution in [0.4, 0.5) is 0 Å². The summed E-state index contributed by atoms with van der Waals surface area (Å²) in [6.45, 7) is 13.8. The molecule has 0 aromatic rings. The zero-order valence-electron chi connectivity index (χ0n) is 9.43. The molecule has 0 bridgehead atoms. The van der Waals surface area contributed by atoms with Crippen molar-refractivity contribution in [3.8, 4) is 0 Å². The summed E-state index contributed by atoms with van der Waals surface area (Å²) in [7, 11) is 0. The van der Waals surface area contributed by atoms with E-state index >= 15 is 0 Å². The van der Waals surface area contributed by atoms with Gasteiger partial charge in [-0.2, -0.15) is 0 Å². The number of allylic oxidation sites excluding steroid dienone is 1. The van der Waals surface area contributed by atoms with E-state index < -0.39 is 0 Å². The van der Waals surface area contributed by atoms with Gasteiger partial charge in [0.1, 0.15) is 0 Å². The lowest BCUT2D eigenvalue weighted by atomic mass is 9.54. The summed E-state index contributed by atoms with van der Waals surface area (Å²) >= 11 is 0. The van der Waals surface area contributed by atoms with Gasteiger partial charge in [-0.05, 0) is 41.9 Å².